The Morgan fingerprint density at radius 3 is 2.22 bits per heavy atom. The average molecular weight is 429 g/mol. The molecule has 2 aromatic carbocycles. The van der Waals surface area contributed by atoms with E-state index in [4.69, 9.17) is 4.74 Å². The third kappa shape index (κ3) is 5.09. The van der Waals surface area contributed by atoms with Crippen molar-refractivity contribution >= 4 is 5.91 Å². The lowest BCUT2D eigenvalue weighted by Gasteiger charge is -2.14. The molecule has 1 amide bonds. The van der Waals surface area contributed by atoms with E-state index in [0.717, 1.165) is 17.0 Å². The molecule has 1 atom stereocenters. The van der Waals surface area contributed by atoms with E-state index in [-0.39, 0.29) is 18.7 Å². The summed E-state index contributed by atoms with van der Waals surface area (Å²) in [4.78, 5) is 12.6. The fraction of sp³-hybridized carbons (Fsp3) is 0.231. The van der Waals surface area contributed by atoms with Crippen molar-refractivity contribution in [3.8, 4) is 11.4 Å². The predicted octanol–water partition coefficient (Wildman–Crippen LogP) is 5.32. The van der Waals surface area contributed by atoms with E-state index in [2.05, 4.69) is 36.4 Å². The van der Waals surface area contributed by atoms with Gasteiger partial charge in [0.05, 0.1) is 6.04 Å². The molecule has 2 aromatic heterocycles. The van der Waals surface area contributed by atoms with Gasteiger partial charge in [-0.15, -0.1) is 0 Å². The first kappa shape index (κ1) is 21.4. The van der Waals surface area contributed by atoms with Gasteiger partial charge in [0.2, 0.25) is 0 Å². The molecule has 0 spiro atoms. The first-order valence-electron chi connectivity index (χ1n) is 10.8. The van der Waals surface area contributed by atoms with Crippen molar-refractivity contribution in [3.05, 3.63) is 102 Å². The Balaban J connectivity index is 1.32. The molecule has 0 aliphatic carbocycles. The standard InChI is InChI=1S/C26H28N4O2/c1-19(2)21-8-12-24(13-9-21)32-18-30-17-14-25(28-30)26(31)27-20(3)22-6-10-23(11-7-22)29-15-4-5-16-29/h4-17,19-20H,18H2,1-3H3,(H,27,31). The van der Waals surface area contributed by atoms with Crippen molar-refractivity contribution < 1.29 is 9.53 Å². The van der Waals surface area contributed by atoms with E-state index < -0.39 is 0 Å². The van der Waals surface area contributed by atoms with Crippen LogP contribution < -0.4 is 10.1 Å². The summed E-state index contributed by atoms with van der Waals surface area (Å²) in [6.45, 7) is 6.52. The Morgan fingerprint density at radius 2 is 1.56 bits per heavy atom. The van der Waals surface area contributed by atoms with Gasteiger partial charge in [-0.2, -0.15) is 5.10 Å². The molecule has 2 heterocycles. The molecule has 0 aliphatic rings. The van der Waals surface area contributed by atoms with E-state index in [1.165, 1.54) is 5.56 Å². The molecule has 6 heteroatoms. The third-order valence-electron chi connectivity index (χ3n) is 5.43. The average Bonchev–Trinajstić information content (AvgIpc) is 3.50. The molecule has 0 saturated carbocycles. The summed E-state index contributed by atoms with van der Waals surface area (Å²) >= 11 is 0. The molecule has 0 saturated heterocycles. The second-order valence-corrected chi connectivity index (χ2v) is 8.11. The fourth-order valence-corrected chi connectivity index (χ4v) is 3.44. The third-order valence-corrected chi connectivity index (χ3v) is 5.43. The number of carbonyl (C=O) groups excluding carboxylic acids is 1. The second-order valence-electron chi connectivity index (χ2n) is 8.11. The zero-order valence-electron chi connectivity index (χ0n) is 18.6. The van der Waals surface area contributed by atoms with Crippen LogP contribution in [0, 0.1) is 0 Å². The molecule has 1 unspecified atom stereocenters. The topological polar surface area (TPSA) is 61.1 Å². The maximum Gasteiger partial charge on any atom is 0.272 e. The van der Waals surface area contributed by atoms with Crippen LogP contribution in [-0.4, -0.2) is 20.3 Å². The molecule has 164 valence electrons. The number of nitrogens with zero attached hydrogens (tertiary/aromatic N) is 3. The van der Waals surface area contributed by atoms with E-state index in [1.807, 2.05) is 72.4 Å². The van der Waals surface area contributed by atoms with Gasteiger partial charge >= 0.3 is 0 Å². The normalized spacial score (nSPS) is 12.0. The molecule has 1 N–H and O–H groups in total. The van der Waals surface area contributed by atoms with Gasteiger partial charge in [-0.25, -0.2) is 4.68 Å². The number of carbonyl (C=O) groups is 1. The molecule has 0 radical (unpaired) electrons. The molecule has 0 aliphatic heterocycles. The Kier molecular flexibility index (Phi) is 6.40. The summed E-state index contributed by atoms with van der Waals surface area (Å²) in [5, 5.41) is 7.35. The number of benzene rings is 2. The van der Waals surface area contributed by atoms with E-state index in [0.29, 0.717) is 11.6 Å². The van der Waals surface area contributed by atoms with Gasteiger partial charge in [0, 0.05) is 24.3 Å². The zero-order chi connectivity index (χ0) is 22.5. The van der Waals surface area contributed by atoms with E-state index in [1.54, 1.807) is 16.9 Å². The van der Waals surface area contributed by atoms with E-state index in [9.17, 15) is 4.79 Å². The number of ether oxygens (including phenoxy) is 1. The highest BCUT2D eigenvalue weighted by Gasteiger charge is 2.14. The zero-order valence-corrected chi connectivity index (χ0v) is 18.6. The van der Waals surface area contributed by atoms with Crippen LogP contribution in [0.2, 0.25) is 0 Å². The Labute approximate surface area is 188 Å². The minimum Gasteiger partial charge on any atom is -0.471 e. The first-order valence-corrected chi connectivity index (χ1v) is 10.8. The van der Waals surface area contributed by atoms with Crippen LogP contribution in [-0.2, 0) is 6.73 Å². The highest BCUT2D eigenvalue weighted by Crippen LogP contribution is 2.19. The van der Waals surface area contributed by atoms with Gasteiger partial charge in [-0.1, -0.05) is 38.1 Å². The lowest BCUT2D eigenvalue weighted by molar-refractivity contribution is 0.0932. The second kappa shape index (κ2) is 9.56. The van der Waals surface area contributed by atoms with Crippen LogP contribution in [0.15, 0.2) is 85.3 Å². The quantitative estimate of drug-likeness (QED) is 0.413. The molecule has 32 heavy (non-hydrogen) atoms. The fourth-order valence-electron chi connectivity index (χ4n) is 3.44. The summed E-state index contributed by atoms with van der Waals surface area (Å²) in [5.74, 6) is 1.04. The van der Waals surface area contributed by atoms with Crippen molar-refractivity contribution in [2.45, 2.75) is 39.5 Å². The van der Waals surface area contributed by atoms with Gasteiger partial charge in [-0.05, 0) is 66.4 Å². The van der Waals surface area contributed by atoms with Gasteiger partial charge < -0.3 is 14.6 Å². The number of nitrogens with one attached hydrogen (secondary N) is 1. The number of rotatable bonds is 8. The van der Waals surface area contributed by atoms with Gasteiger partial charge in [0.15, 0.2) is 6.73 Å². The van der Waals surface area contributed by atoms with Crippen molar-refractivity contribution in [1.29, 1.82) is 0 Å². The highest BCUT2D eigenvalue weighted by atomic mass is 16.5. The molecule has 4 rings (SSSR count). The van der Waals surface area contributed by atoms with Crippen molar-refractivity contribution in [1.82, 2.24) is 19.7 Å². The summed E-state index contributed by atoms with van der Waals surface area (Å²) in [5.41, 5.74) is 3.74. The minimum atomic E-state index is -0.216. The number of hydrogen-bond donors (Lipinski definition) is 1. The van der Waals surface area contributed by atoms with Crippen LogP contribution in [0.5, 0.6) is 5.75 Å². The van der Waals surface area contributed by atoms with Crippen LogP contribution in [0.1, 0.15) is 54.3 Å². The Morgan fingerprint density at radius 1 is 0.906 bits per heavy atom. The smallest absolute Gasteiger partial charge is 0.272 e. The lowest BCUT2D eigenvalue weighted by atomic mass is 10.0. The maximum absolute atomic E-state index is 12.6. The monoisotopic (exact) mass is 428 g/mol. The van der Waals surface area contributed by atoms with Crippen molar-refractivity contribution in [2.24, 2.45) is 0 Å². The largest absolute Gasteiger partial charge is 0.471 e. The Bertz CT molecular complexity index is 1140. The highest BCUT2D eigenvalue weighted by molar-refractivity contribution is 5.92. The van der Waals surface area contributed by atoms with Crippen LogP contribution in [0.25, 0.3) is 5.69 Å². The predicted molar refractivity (Wildman–Crippen MR) is 125 cm³/mol. The minimum absolute atomic E-state index is 0.137. The van der Waals surface area contributed by atoms with Crippen LogP contribution >= 0.6 is 0 Å². The summed E-state index contributed by atoms with van der Waals surface area (Å²) in [6.07, 6.45) is 5.75. The maximum atomic E-state index is 12.6. The van der Waals surface area contributed by atoms with Crippen LogP contribution in [0.4, 0.5) is 0 Å². The first-order chi connectivity index (χ1) is 15.5. The Hall–Kier alpha value is -3.80. The van der Waals surface area contributed by atoms with E-state index >= 15 is 0 Å². The number of amides is 1. The van der Waals surface area contributed by atoms with Gasteiger partial charge in [0.25, 0.3) is 5.91 Å². The summed E-state index contributed by atoms with van der Waals surface area (Å²) in [7, 11) is 0. The molecule has 4 aromatic rings. The molecule has 0 fully saturated rings. The lowest BCUT2D eigenvalue weighted by Crippen LogP contribution is -2.27. The summed E-state index contributed by atoms with van der Waals surface area (Å²) < 4.78 is 9.43. The summed E-state index contributed by atoms with van der Waals surface area (Å²) in [6, 6.07) is 21.7. The molecular formula is C26H28N4O2. The van der Waals surface area contributed by atoms with Gasteiger partial charge in [0.1, 0.15) is 11.4 Å². The SMILES string of the molecule is CC(C)c1ccc(OCn2ccc(C(=O)NC(C)c3ccc(-n4cccc4)cc3)n2)cc1. The number of aromatic nitrogens is 3. The molecular weight excluding hydrogens is 400 g/mol. The van der Waals surface area contributed by atoms with Crippen molar-refractivity contribution in [3.63, 3.8) is 0 Å². The van der Waals surface area contributed by atoms with Crippen molar-refractivity contribution in [2.75, 3.05) is 0 Å². The molecule has 0 bridgehead atoms. The molecule has 6 nitrogen and oxygen atoms in total. The number of hydrogen-bond acceptors (Lipinski definition) is 3. The van der Waals surface area contributed by atoms with Gasteiger partial charge in [-0.3, -0.25) is 4.79 Å². The van der Waals surface area contributed by atoms with Crippen LogP contribution in [0.3, 0.4) is 0 Å².